The van der Waals surface area contributed by atoms with E-state index in [9.17, 15) is 24.3 Å². The van der Waals surface area contributed by atoms with Crippen molar-refractivity contribution in [3.63, 3.8) is 0 Å². The van der Waals surface area contributed by atoms with Crippen molar-refractivity contribution in [2.75, 3.05) is 5.32 Å². The van der Waals surface area contributed by atoms with Crippen molar-refractivity contribution in [3.8, 4) is 0 Å². The van der Waals surface area contributed by atoms with Crippen LogP contribution < -0.4 is 5.32 Å². The lowest BCUT2D eigenvalue weighted by Gasteiger charge is -2.24. The molecule has 0 aromatic heterocycles. The third-order valence-electron chi connectivity index (χ3n) is 4.54. The third kappa shape index (κ3) is 6.93. The molecule has 180 valence electrons. The minimum Gasteiger partial charge on any atom is -0.478 e. The van der Waals surface area contributed by atoms with Crippen molar-refractivity contribution in [2.24, 2.45) is 0 Å². The highest BCUT2D eigenvalue weighted by molar-refractivity contribution is 14.1. The molecule has 3 rings (SSSR count). The number of carbonyl (C=O) groups excluding carboxylic acids is 3. The van der Waals surface area contributed by atoms with E-state index in [0.29, 0.717) is 5.69 Å². The van der Waals surface area contributed by atoms with Crippen molar-refractivity contribution >= 4 is 75.3 Å². The van der Waals surface area contributed by atoms with E-state index in [-0.39, 0.29) is 21.2 Å². The number of ether oxygens (including phenoxy) is 2. The molecule has 0 aliphatic rings. The third-order valence-corrected chi connectivity index (χ3v) is 5.92. The molecule has 0 spiro atoms. The minimum atomic E-state index is -2.20. The van der Waals surface area contributed by atoms with Gasteiger partial charge < -0.3 is 19.9 Å². The zero-order chi connectivity index (χ0) is 25.5. The average Bonchev–Trinajstić information content (AvgIpc) is 2.82. The number of rotatable bonds is 8. The van der Waals surface area contributed by atoms with E-state index in [1.54, 1.807) is 36.4 Å². The number of anilines is 1. The highest BCUT2D eigenvalue weighted by Crippen LogP contribution is 2.22. The van der Waals surface area contributed by atoms with E-state index < -0.39 is 36.0 Å². The standard InChI is InChI=1S/C24H16Cl2INO7/c25-17-7-3-1-5-15(17)23(32)34-19(21(29)28-14-11-9-13(27)10-12-14)20(22(30)31)35-24(33)16-6-2-4-8-18(16)26/h1-12,19-20H,(H,28,29)(H,30,31)/t19-,20-/m0/s1. The summed E-state index contributed by atoms with van der Waals surface area (Å²) in [6.07, 6.45) is -4.27. The van der Waals surface area contributed by atoms with E-state index >= 15 is 0 Å². The Labute approximate surface area is 223 Å². The highest BCUT2D eigenvalue weighted by Gasteiger charge is 2.41. The first kappa shape index (κ1) is 26.5. The lowest BCUT2D eigenvalue weighted by Crippen LogP contribution is -2.48. The molecule has 3 aromatic rings. The number of amides is 1. The van der Waals surface area contributed by atoms with E-state index in [2.05, 4.69) is 27.9 Å². The van der Waals surface area contributed by atoms with Crippen molar-refractivity contribution < 1.29 is 33.8 Å². The summed E-state index contributed by atoms with van der Waals surface area (Å²) >= 11 is 14.1. The van der Waals surface area contributed by atoms with Crippen LogP contribution in [0.4, 0.5) is 5.69 Å². The molecule has 0 bridgehead atoms. The molecular formula is C24H16Cl2INO7. The topological polar surface area (TPSA) is 119 Å². The molecule has 35 heavy (non-hydrogen) atoms. The van der Waals surface area contributed by atoms with Crippen LogP contribution >= 0.6 is 45.8 Å². The summed E-state index contributed by atoms with van der Waals surface area (Å²) in [5.74, 6) is -4.96. The van der Waals surface area contributed by atoms with Crippen LogP contribution in [0.1, 0.15) is 20.7 Å². The fourth-order valence-corrected chi connectivity index (χ4v) is 3.64. The monoisotopic (exact) mass is 627 g/mol. The molecule has 0 unspecified atom stereocenters. The molecule has 0 aliphatic carbocycles. The van der Waals surface area contributed by atoms with Crippen LogP contribution in [0.2, 0.25) is 10.0 Å². The first-order chi connectivity index (χ1) is 16.7. The molecule has 8 nitrogen and oxygen atoms in total. The maximum absolute atomic E-state index is 13.1. The molecule has 0 saturated heterocycles. The second kappa shape index (κ2) is 12.0. The van der Waals surface area contributed by atoms with Gasteiger partial charge >= 0.3 is 17.9 Å². The number of benzene rings is 3. The number of carboxylic acids is 1. The molecule has 3 aromatic carbocycles. The van der Waals surface area contributed by atoms with Gasteiger partial charge in [-0.1, -0.05) is 47.5 Å². The summed E-state index contributed by atoms with van der Waals surface area (Å²) in [5, 5.41) is 12.3. The van der Waals surface area contributed by atoms with Gasteiger partial charge in [0, 0.05) is 9.26 Å². The Morgan fingerprint density at radius 2 is 1.20 bits per heavy atom. The molecule has 2 atom stereocenters. The average molecular weight is 628 g/mol. The second-order valence-electron chi connectivity index (χ2n) is 6.95. The van der Waals surface area contributed by atoms with Gasteiger partial charge in [0.05, 0.1) is 21.2 Å². The molecule has 0 fully saturated rings. The Balaban J connectivity index is 1.93. The van der Waals surface area contributed by atoms with Crippen LogP contribution in [0.5, 0.6) is 0 Å². The Morgan fingerprint density at radius 1 is 0.743 bits per heavy atom. The summed E-state index contributed by atoms with van der Waals surface area (Å²) in [6.45, 7) is 0. The lowest BCUT2D eigenvalue weighted by atomic mass is 10.1. The molecule has 2 N–H and O–H groups in total. The van der Waals surface area contributed by atoms with Crippen LogP contribution in [0.25, 0.3) is 0 Å². The number of carboxylic acid groups (broad SMARTS) is 1. The number of nitrogens with one attached hydrogen (secondary N) is 1. The van der Waals surface area contributed by atoms with Crippen LogP contribution in [0.15, 0.2) is 72.8 Å². The first-order valence-corrected chi connectivity index (χ1v) is 11.7. The number of aliphatic carboxylic acids is 1. The van der Waals surface area contributed by atoms with Gasteiger partial charge in [-0.05, 0) is 71.1 Å². The number of halogens is 3. The summed E-state index contributed by atoms with van der Waals surface area (Å²) in [6, 6.07) is 18.2. The number of hydrogen-bond donors (Lipinski definition) is 2. The Kier molecular flexibility index (Phi) is 9.07. The SMILES string of the molecule is O=C(O[C@H](C(=O)O)[C@H](OC(=O)c1ccccc1Cl)C(=O)Nc1ccc(I)cc1)c1ccccc1Cl. The van der Waals surface area contributed by atoms with Gasteiger partial charge in [0.2, 0.25) is 12.2 Å². The number of hydrogen-bond acceptors (Lipinski definition) is 6. The van der Waals surface area contributed by atoms with E-state index in [1.165, 1.54) is 36.4 Å². The Morgan fingerprint density at radius 3 is 1.66 bits per heavy atom. The van der Waals surface area contributed by atoms with E-state index in [4.69, 9.17) is 32.7 Å². The van der Waals surface area contributed by atoms with Crippen LogP contribution in [0, 0.1) is 3.57 Å². The minimum absolute atomic E-state index is 0.00888. The van der Waals surface area contributed by atoms with Crippen LogP contribution in [-0.4, -0.2) is 41.1 Å². The van der Waals surface area contributed by atoms with Gasteiger partial charge in [-0.3, -0.25) is 4.79 Å². The predicted molar refractivity (Wildman–Crippen MR) is 137 cm³/mol. The molecule has 11 heteroatoms. The molecular weight excluding hydrogens is 612 g/mol. The normalized spacial score (nSPS) is 12.2. The van der Waals surface area contributed by atoms with Crippen molar-refractivity contribution in [1.82, 2.24) is 0 Å². The fourth-order valence-electron chi connectivity index (χ4n) is 2.85. The summed E-state index contributed by atoms with van der Waals surface area (Å²) in [5.41, 5.74) is 0.0632. The zero-order valence-electron chi connectivity index (χ0n) is 17.6. The number of esters is 2. The smallest absolute Gasteiger partial charge is 0.349 e. The first-order valence-electron chi connectivity index (χ1n) is 9.87. The molecule has 0 heterocycles. The van der Waals surface area contributed by atoms with Crippen LogP contribution in [0.3, 0.4) is 0 Å². The van der Waals surface area contributed by atoms with E-state index in [0.717, 1.165) is 3.57 Å². The molecule has 0 saturated carbocycles. The second-order valence-corrected chi connectivity index (χ2v) is 9.01. The maximum Gasteiger partial charge on any atom is 0.349 e. The largest absolute Gasteiger partial charge is 0.478 e. The van der Waals surface area contributed by atoms with Gasteiger partial charge in [-0.2, -0.15) is 0 Å². The van der Waals surface area contributed by atoms with Crippen molar-refractivity contribution in [1.29, 1.82) is 0 Å². The Hall–Kier alpha value is -3.15. The quantitative estimate of drug-likeness (QED) is 0.264. The predicted octanol–water partition coefficient (Wildman–Crippen LogP) is 5.07. The number of carbonyl (C=O) groups is 4. The summed E-state index contributed by atoms with van der Waals surface area (Å²) in [7, 11) is 0. The lowest BCUT2D eigenvalue weighted by molar-refractivity contribution is -0.157. The van der Waals surface area contributed by atoms with Gasteiger partial charge in [-0.15, -0.1) is 0 Å². The van der Waals surface area contributed by atoms with Gasteiger partial charge in [-0.25, -0.2) is 14.4 Å². The van der Waals surface area contributed by atoms with Gasteiger partial charge in [0.15, 0.2) is 0 Å². The van der Waals surface area contributed by atoms with Crippen molar-refractivity contribution in [2.45, 2.75) is 12.2 Å². The van der Waals surface area contributed by atoms with Gasteiger partial charge in [0.25, 0.3) is 5.91 Å². The molecule has 1 amide bonds. The fraction of sp³-hybridized carbons (Fsp3) is 0.0833. The van der Waals surface area contributed by atoms with E-state index in [1.807, 2.05) is 0 Å². The zero-order valence-corrected chi connectivity index (χ0v) is 21.3. The van der Waals surface area contributed by atoms with Gasteiger partial charge in [0.1, 0.15) is 0 Å². The maximum atomic E-state index is 13.1. The summed E-state index contributed by atoms with van der Waals surface area (Å²) < 4.78 is 11.2. The van der Waals surface area contributed by atoms with Crippen molar-refractivity contribution in [3.05, 3.63) is 97.5 Å². The molecule has 0 radical (unpaired) electrons. The highest BCUT2D eigenvalue weighted by atomic mass is 127. The van der Waals surface area contributed by atoms with Crippen LogP contribution in [-0.2, 0) is 19.1 Å². The summed E-state index contributed by atoms with van der Waals surface area (Å²) in [4.78, 5) is 50.6. The molecule has 0 aliphatic heterocycles. The Bertz CT molecular complexity index is 1270.